The summed E-state index contributed by atoms with van der Waals surface area (Å²) < 4.78 is 11.6. The van der Waals surface area contributed by atoms with Crippen LogP contribution in [0.25, 0.3) is 0 Å². The molecule has 2 aromatic rings. The Morgan fingerprint density at radius 3 is 2.48 bits per heavy atom. The van der Waals surface area contributed by atoms with Crippen LogP contribution in [0, 0.1) is 6.92 Å². The molecule has 0 heterocycles. The molecule has 0 bridgehead atoms. The summed E-state index contributed by atoms with van der Waals surface area (Å²) in [6, 6.07) is 14.1. The summed E-state index contributed by atoms with van der Waals surface area (Å²) in [5.41, 5.74) is 2.22. The molecule has 3 nitrogen and oxygen atoms in total. The zero-order valence-corrected chi connectivity index (χ0v) is 13.1. The molecule has 0 amide bonds. The summed E-state index contributed by atoms with van der Waals surface area (Å²) in [5, 5.41) is 3.41. The standard InChI is InChI=1S/C18H23NO2/c1-5-19-14(3)18-16(20-4)10-7-11-17(18)21-15-9-6-8-13(2)12-15/h6-12,14,19H,5H2,1-4H3. The molecule has 0 saturated carbocycles. The highest BCUT2D eigenvalue weighted by Gasteiger charge is 2.17. The van der Waals surface area contributed by atoms with Gasteiger partial charge in [0.2, 0.25) is 0 Å². The zero-order chi connectivity index (χ0) is 15.2. The Morgan fingerprint density at radius 1 is 1.10 bits per heavy atom. The van der Waals surface area contributed by atoms with E-state index in [4.69, 9.17) is 9.47 Å². The van der Waals surface area contributed by atoms with E-state index < -0.39 is 0 Å². The van der Waals surface area contributed by atoms with Crippen LogP contribution in [0.5, 0.6) is 17.2 Å². The average Bonchev–Trinajstić information content (AvgIpc) is 2.47. The first kappa shape index (κ1) is 15.4. The van der Waals surface area contributed by atoms with Gasteiger partial charge in [-0.05, 0) is 50.2 Å². The Balaban J connectivity index is 2.38. The number of methoxy groups -OCH3 is 1. The van der Waals surface area contributed by atoms with E-state index in [1.165, 1.54) is 5.56 Å². The Bertz CT molecular complexity index is 596. The third-order valence-electron chi connectivity index (χ3n) is 3.41. The van der Waals surface area contributed by atoms with Crippen LogP contribution in [0.15, 0.2) is 42.5 Å². The topological polar surface area (TPSA) is 30.5 Å². The first-order chi connectivity index (χ1) is 10.2. The van der Waals surface area contributed by atoms with Gasteiger partial charge in [-0.3, -0.25) is 0 Å². The van der Waals surface area contributed by atoms with Crippen molar-refractivity contribution in [1.82, 2.24) is 5.32 Å². The summed E-state index contributed by atoms with van der Waals surface area (Å²) in [5.74, 6) is 2.51. The Kier molecular flexibility index (Phi) is 5.23. The molecule has 3 heteroatoms. The summed E-state index contributed by atoms with van der Waals surface area (Å²) in [7, 11) is 1.69. The van der Waals surface area contributed by atoms with Crippen LogP contribution in [-0.2, 0) is 0 Å². The Hall–Kier alpha value is -2.00. The van der Waals surface area contributed by atoms with Gasteiger partial charge < -0.3 is 14.8 Å². The van der Waals surface area contributed by atoms with Crippen molar-refractivity contribution in [3.63, 3.8) is 0 Å². The minimum atomic E-state index is 0.158. The van der Waals surface area contributed by atoms with Crippen molar-refractivity contribution in [2.75, 3.05) is 13.7 Å². The highest BCUT2D eigenvalue weighted by Crippen LogP contribution is 2.36. The second-order valence-electron chi connectivity index (χ2n) is 5.07. The molecule has 112 valence electrons. The van der Waals surface area contributed by atoms with E-state index >= 15 is 0 Å². The fourth-order valence-electron chi connectivity index (χ4n) is 2.43. The second-order valence-corrected chi connectivity index (χ2v) is 5.07. The lowest BCUT2D eigenvalue weighted by Gasteiger charge is -2.20. The maximum atomic E-state index is 6.08. The first-order valence-electron chi connectivity index (χ1n) is 7.30. The van der Waals surface area contributed by atoms with E-state index in [0.29, 0.717) is 0 Å². The average molecular weight is 285 g/mol. The van der Waals surface area contributed by atoms with Crippen molar-refractivity contribution in [2.45, 2.75) is 26.8 Å². The monoisotopic (exact) mass is 285 g/mol. The van der Waals surface area contributed by atoms with Crippen LogP contribution in [0.2, 0.25) is 0 Å². The third kappa shape index (κ3) is 3.76. The van der Waals surface area contributed by atoms with Crippen LogP contribution in [-0.4, -0.2) is 13.7 Å². The lowest BCUT2D eigenvalue weighted by Crippen LogP contribution is -2.19. The van der Waals surface area contributed by atoms with Crippen LogP contribution < -0.4 is 14.8 Å². The van der Waals surface area contributed by atoms with Crippen LogP contribution in [0.3, 0.4) is 0 Å². The molecule has 2 rings (SSSR count). The molecule has 0 spiro atoms. The van der Waals surface area contributed by atoms with E-state index in [1.54, 1.807) is 7.11 Å². The SMILES string of the molecule is CCNC(C)c1c(OC)cccc1Oc1cccc(C)c1. The summed E-state index contributed by atoms with van der Waals surface area (Å²) >= 11 is 0. The van der Waals surface area contributed by atoms with Gasteiger partial charge in [0, 0.05) is 6.04 Å². The quantitative estimate of drug-likeness (QED) is 0.849. The summed E-state index contributed by atoms with van der Waals surface area (Å²) in [4.78, 5) is 0. The molecular formula is C18H23NO2. The highest BCUT2D eigenvalue weighted by molar-refractivity contribution is 5.48. The number of aryl methyl sites for hydroxylation is 1. The minimum absolute atomic E-state index is 0.158. The van der Waals surface area contributed by atoms with E-state index in [9.17, 15) is 0 Å². The summed E-state index contributed by atoms with van der Waals surface area (Å²) in [6.07, 6.45) is 0. The number of benzene rings is 2. The lowest BCUT2D eigenvalue weighted by atomic mass is 10.1. The van der Waals surface area contributed by atoms with Gasteiger partial charge in [-0.1, -0.05) is 25.1 Å². The zero-order valence-electron chi connectivity index (χ0n) is 13.1. The van der Waals surface area contributed by atoms with Gasteiger partial charge >= 0.3 is 0 Å². The minimum Gasteiger partial charge on any atom is -0.496 e. The fourth-order valence-corrected chi connectivity index (χ4v) is 2.43. The van der Waals surface area contributed by atoms with Gasteiger partial charge in [0.15, 0.2) is 0 Å². The molecule has 0 aromatic heterocycles. The fraction of sp³-hybridized carbons (Fsp3) is 0.333. The number of hydrogen-bond acceptors (Lipinski definition) is 3. The molecule has 2 aromatic carbocycles. The van der Waals surface area contributed by atoms with Gasteiger partial charge in [-0.25, -0.2) is 0 Å². The Labute approximate surface area is 126 Å². The molecule has 1 unspecified atom stereocenters. The highest BCUT2D eigenvalue weighted by atomic mass is 16.5. The molecule has 21 heavy (non-hydrogen) atoms. The second kappa shape index (κ2) is 7.14. The van der Waals surface area contributed by atoms with Gasteiger partial charge in [0.1, 0.15) is 17.2 Å². The maximum Gasteiger partial charge on any atom is 0.135 e. The predicted molar refractivity (Wildman–Crippen MR) is 86.3 cm³/mol. The van der Waals surface area contributed by atoms with Gasteiger partial charge in [0.25, 0.3) is 0 Å². The molecule has 0 saturated heterocycles. The Morgan fingerprint density at radius 2 is 1.81 bits per heavy atom. The number of ether oxygens (including phenoxy) is 2. The van der Waals surface area contributed by atoms with Crippen LogP contribution in [0.1, 0.15) is 31.0 Å². The lowest BCUT2D eigenvalue weighted by molar-refractivity contribution is 0.391. The van der Waals surface area contributed by atoms with Gasteiger partial charge in [0.05, 0.1) is 12.7 Å². The van der Waals surface area contributed by atoms with E-state index in [-0.39, 0.29) is 6.04 Å². The smallest absolute Gasteiger partial charge is 0.135 e. The van der Waals surface area contributed by atoms with Crippen molar-refractivity contribution in [1.29, 1.82) is 0 Å². The number of nitrogens with one attached hydrogen (secondary N) is 1. The molecule has 0 aliphatic carbocycles. The van der Waals surface area contributed by atoms with Gasteiger partial charge in [-0.15, -0.1) is 0 Å². The maximum absolute atomic E-state index is 6.08. The number of hydrogen-bond donors (Lipinski definition) is 1. The van der Waals surface area contributed by atoms with E-state index in [1.807, 2.05) is 36.4 Å². The van der Waals surface area contributed by atoms with E-state index in [2.05, 4.69) is 32.2 Å². The van der Waals surface area contributed by atoms with Crippen molar-refractivity contribution in [3.8, 4) is 17.2 Å². The van der Waals surface area contributed by atoms with Crippen LogP contribution >= 0.6 is 0 Å². The van der Waals surface area contributed by atoms with Crippen molar-refractivity contribution >= 4 is 0 Å². The molecule has 0 fully saturated rings. The van der Waals surface area contributed by atoms with Crippen molar-refractivity contribution < 1.29 is 9.47 Å². The van der Waals surface area contributed by atoms with Crippen molar-refractivity contribution in [2.24, 2.45) is 0 Å². The normalized spacial score (nSPS) is 12.0. The molecule has 1 atom stereocenters. The molecular weight excluding hydrogens is 262 g/mol. The van der Waals surface area contributed by atoms with Crippen molar-refractivity contribution in [3.05, 3.63) is 53.6 Å². The molecule has 1 N–H and O–H groups in total. The molecule has 0 aliphatic rings. The molecule has 0 aliphatic heterocycles. The third-order valence-corrected chi connectivity index (χ3v) is 3.41. The van der Waals surface area contributed by atoms with Gasteiger partial charge in [-0.2, -0.15) is 0 Å². The first-order valence-corrected chi connectivity index (χ1v) is 7.30. The van der Waals surface area contributed by atoms with Crippen LogP contribution in [0.4, 0.5) is 0 Å². The van der Waals surface area contributed by atoms with E-state index in [0.717, 1.165) is 29.4 Å². The predicted octanol–water partition coefficient (Wildman–Crippen LogP) is 4.47. The number of rotatable bonds is 6. The summed E-state index contributed by atoms with van der Waals surface area (Å²) in [6.45, 7) is 7.15. The molecule has 0 radical (unpaired) electrons. The largest absolute Gasteiger partial charge is 0.496 e.